The fraction of sp³-hybridized carbons (Fsp3) is 0.250. The van der Waals surface area contributed by atoms with Gasteiger partial charge < -0.3 is 13.3 Å². The zero-order valence-corrected chi connectivity index (χ0v) is 12.5. The highest BCUT2D eigenvalue weighted by Gasteiger charge is 1.90. The van der Waals surface area contributed by atoms with Crippen molar-refractivity contribution in [3.05, 3.63) is 12.2 Å². The molecule has 0 saturated heterocycles. The molecule has 0 aromatic rings. The maximum absolute atomic E-state index is 9.60. The van der Waals surface area contributed by atoms with Crippen molar-refractivity contribution in [2.45, 2.75) is 6.92 Å². The zero-order valence-electron chi connectivity index (χ0n) is 7.09. The lowest BCUT2D eigenvalue weighted by Gasteiger charge is -1.87. The normalized spacial score (nSPS) is 9.55. The Kier molecular flexibility index (Phi) is 11.9. The minimum absolute atomic E-state index is 0.176. The number of carbonyl (C=O) groups is 1. The molecule has 1 N–H and O–H groups in total. The molecule has 0 aromatic carbocycles. The van der Waals surface area contributed by atoms with Gasteiger partial charge in [0.05, 0.1) is 0 Å². The highest BCUT2D eigenvalue weighted by Crippen LogP contribution is 1.81. The molecule has 0 radical (unpaired) electrons. The third-order valence-corrected chi connectivity index (χ3v) is 2.49. The van der Waals surface area contributed by atoms with Crippen LogP contribution in [0.5, 0.6) is 0 Å². The molecular formula is C4H14O4Si3. The summed E-state index contributed by atoms with van der Waals surface area (Å²) in [5.74, 6) is -0.935. The van der Waals surface area contributed by atoms with E-state index in [1.807, 2.05) is 0 Å². The van der Waals surface area contributed by atoms with Crippen molar-refractivity contribution in [3.8, 4) is 0 Å². The molecule has 7 heteroatoms. The van der Waals surface area contributed by atoms with Gasteiger partial charge in [-0.25, -0.2) is 4.79 Å². The predicted octanol–water partition coefficient (Wildman–Crippen LogP) is -2.77. The van der Waals surface area contributed by atoms with E-state index in [1.54, 1.807) is 0 Å². The summed E-state index contributed by atoms with van der Waals surface area (Å²) in [6.07, 6.45) is 0. The molecule has 0 amide bonds. The average Bonchev–Trinajstić information content (AvgIpc) is 1.90. The van der Waals surface area contributed by atoms with Crippen LogP contribution in [0.1, 0.15) is 6.92 Å². The molecule has 66 valence electrons. The van der Waals surface area contributed by atoms with Gasteiger partial charge in [-0.3, -0.25) is 0 Å². The monoisotopic (exact) mass is 210 g/mol. The van der Waals surface area contributed by atoms with Gasteiger partial charge in [-0.15, -0.1) is 0 Å². The van der Waals surface area contributed by atoms with Crippen LogP contribution in [0.4, 0.5) is 0 Å². The smallest absolute Gasteiger partial charge is 0.330 e. The topological polar surface area (TPSA) is 55.8 Å². The van der Waals surface area contributed by atoms with Crippen molar-refractivity contribution in [2.24, 2.45) is 0 Å². The van der Waals surface area contributed by atoms with E-state index >= 15 is 0 Å². The number of hydrogen-bond acceptors (Lipinski definition) is 3. The fourth-order valence-corrected chi connectivity index (χ4v) is 3.18. The Morgan fingerprint density at radius 2 is 1.82 bits per heavy atom. The first-order valence-corrected chi connectivity index (χ1v) is 5.71. The largest absolute Gasteiger partial charge is 0.478 e. The summed E-state index contributed by atoms with van der Waals surface area (Å²) in [5, 5.41) is 7.89. The van der Waals surface area contributed by atoms with E-state index in [9.17, 15) is 4.79 Å². The second-order valence-electron chi connectivity index (χ2n) is 1.78. The Hall–Kier alpha value is -0.219. The predicted molar refractivity (Wildman–Crippen MR) is 53.0 cm³/mol. The van der Waals surface area contributed by atoms with Gasteiger partial charge in [0.25, 0.3) is 10.0 Å². The molecule has 0 rings (SSSR count). The van der Waals surface area contributed by atoms with Crippen molar-refractivity contribution in [1.82, 2.24) is 0 Å². The van der Waals surface area contributed by atoms with E-state index in [0.29, 0.717) is 0 Å². The number of aliphatic carboxylic acids is 1. The van der Waals surface area contributed by atoms with E-state index in [-0.39, 0.29) is 5.57 Å². The van der Waals surface area contributed by atoms with Gasteiger partial charge in [-0.1, -0.05) is 6.58 Å². The van der Waals surface area contributed by atoms with Crippen LogP contribution in [0.15, 0.2) is 12.2 Å². The molecular weight excluding hydrogens is 196 g/mol. The van der Waals surface area contributed by atoms with Gasteiger partial charge >= 0.3 is 5.97 Å². The molecule has 0 saturated carbocycles. The fourth-order valence-electron chi connectivity index (χ4n) is 0.118. The summed E-state index contributed by atoms with van der Waals surface area (Å²) in [5.41, 5.74) is 0.176. The van der Waals surface area contributed by atoms with E-state index < -0.39 is 16.0 Å². The molecule has 11 heavy (non-hydrogen) atoms. The molecule has 0 bridgehead atoms. The van der Waals surface area contributed by atoms with Gasteiger partial charge in [0.15, 0.2) is 0 Å². The summed E-state index contributed by atoms with van der Waals surface area (Å²) in [7, 11) is 1.27. The molecule has 0 spiro atoms. The van der Waals surface area contributed by atoms with E-state index in [0.717, 1.165) is 21.0 Å². The van der Waals surface area contributed by atoms with Gasteiger partial charge in [-0.2, -0.15) is 0 Å². The van der Waals surface area contributed by atoms with Crippen LogP contribution >= 0.6 is 0 Å². The third kappa shape index (κ3) is 17.7. The van der Waals surface area contributed by atoms with E-state index in [2.05, 4.69) is 6.58 Å². The van der Waals surface area contributed by atoms with Crippen LogP contribution < -0.4 is 0 Å². The molecule has 0 fully saturated rings. The Morgan fingerprint density at radius 1 is 1.55 bits per heavy atom. The lowest BCUT2D eigenvalue weighted by Crippen LogP contribution is -1.96. The van der Waals surface area contributed by atoms with E-state index in [4.69, 9.17) is 13.3 Å². The van der Waals surface area contributed by atoms with Crippen molar-refractivity contribution < 1.29 is 18.1 Å². The summed E-state index contributed by atoms with van der Waals surface area (Å²) in [4.78, 5) is 9.60. The Labute approximate surface area is 74.7 Å². The molecule has 0 aliphatic rings. The zero-order chi connectivity index (χ0) is 9.28. The number of carboxylic acid groups (broad SMARTS) is 1. The van der Waals surface area contributed by atoms with Crippen LogP contribution in [0, 0.1) is 0 Å². The van der Waals surface area contributed by atoms with Gasteiger partial charge in [0, 0.05) is 5.57 Å². The van der Waals surface area contributed by atoms with E-state index in [1.165, 1.54) is 6.92 Å². The van der Waals surface area contributed by atoms with Gasteiger partial charge in [0.1, 0.15) is 21.0 Å². The lowest BCUT2D eigenvalue weighted by atomic mass is 10.4. The van der Waals surface area contributed by atoms with Crippen LogP contribution in [0.3, 0.4) is 0 Å². The van der Waals surface area contributed by atoms with Crippen molar-refractivity contribution >= 4 is 36.9 Å². The number of rotatable bonds is 3. The summed E-state index contributed by atoms with van der Waals surface area (Å²) in [6, 6.07) is 0. The first kappa shape index (κ1) is 13.4. The molecule has 0 unspecified atom stereocenters. The maximum atomic E-state index is 9.60. The first-order chi connectivity index (χ1) is 5.06. The average molecular weight is 210 g/mol. The standard InChI is InChI=1S/C4H6O2.H8O2Si3/c1-3(2)4(5)6;3-1-5-2-4/h1H2,2H3,(H,5,6);5H2,3-4H3. The molecule has 4 nitrogen and oxygen atoms in total. The third-order valence-electron chi connectivity index (χ3n) is 0.601. The lowest BCUT2D eigenvalue weighted by molar-refractivity contribution is -0.132. The highest BCUT2D eigenvalue weighted by atomic mass is 28.3. The summed E-state index contributed by atoms with van der Waals surface area (Å²) >= 11 is 0. The van der Waals surface area contributed by atoms with Gasteiger partial charge in [-0.05, 0) is 6.92 Å². The van der Waals surface area contributed by atoms with Crippen LogP contribution in [0.2, 0.25) is 0 Å². The number of hydrogen-bond donors (Lipinski definition) is 1. The Morgan fingerprint density at radius 3 is 1.82 bits per heavy atom. The van der Waals surface area contributed by atoms with Crippen molar-refractivity contribution in [1.29, 1.82) is 0 Å². The Balaban J connectivity index is 0. The minimum Gasteiger partial charge on any atom is -0.478 e. The van der Waals surface area contributed by atoms with Crippen molar-refractivity contribution in [2.75, 3.05) is 0 Å². The highest BCUT2D eigenvalue weighted by molar-refractivity contribution is 6.33. The number of carboxylic acids is 1. The van der Waals surface area contributed by atoms with Crippen molar-refractivity contribution in [3.63, 3.8) is 0 Å². The van der Waals surface area contributed by atoms with Gasteiger partial charge in [0.2, 0.25) is 0 Å². The van der Waals surface area contributed by atoms with Crippen LogP contribution in [-0.2, 0) is 13.0 Å². The SMILES string of the molecule is C=C(C)C(=O)O.[SiH3]O[SiH2]O[SiH3]. The minimum atomic E-state index is -0.935. The summed E-state index contributed by atoms with van der Waals surface area (Å²) < 4.78 is 9.56. The first-order valence-electron chi connectivity index (χ1n) is 2.93. The molecule has 0 aromatic heterocycles. The molecule has 0 aliphatic heterocycles. The second kappa shape index (κ2) is 9.78. The summed E-state index contributed by atoms with van der Waals surface area (Å²) in [6.45, 7) is 4.60. The maximum Gasteiger partial charge on any atom is 0.330 e. The second-order valence-corrected chi connectivity index (χ2v) is 6.64. The van der Waals surface area contributed by atoms with Crippen LogP contribution in [-0.4, -0.2) is 42.1 Å². The van der Waals surface area contributed by atoms with Crippen LogP contribution in [0.25, 0.3) is 0 Å². The molecule has 0 heterocycles. The molecule has 0 atom stereocenters. The quantitative estimate of drug-likeness (QED) is 0.405. The Bertz CT molecular complexity index is 113. The molecule has 0 aliphatic carbocycles.